The SMILES string of the molecule is COc1ccc(CCn2c(C)cc(C(=O)C[NH+]3CCNC(=O)C3)c2C)cc1. The number of quaternary nitrogens is 1. The molecule has 1 aromatic heterocycles. The molecule has 2 aromatic rings. The van der Waals surface area contributed by atoms with Crippen LogP contribution in [-0.2, 0) is 17.8 Å². The Morgan fingerprint density at radius 2 is 2.00 bits per heavy atom. The van der Waals surface area contributed by atoms with Crippen LogP contribution in [0.3, 0.4) is 0 Å². The third-order valence-corrected chi connectivity index (χ3v) is 5.28. The molecule has 2 heterocycles. The van der Waals surface area contributed by atoms with Crippen molar-refractivity contribution in [2.45, 2.75) is 26.8 Å². The van der Waals surface area contributed by atoms with E-state index < -0.39 is 0 Å². The predicted molar refractivity (Wildman–Crippen MR) is 104 cm³/mol. The molecule has 0 spiro atoms. The molecular formula is C21H28N3O3+. The normalized spacial score (nSPS) is 16.9. The Hall–Kier alpha value is -2.60. The molecule has 1 fully saturated rings. The van der Waals surface area contributed by atoms with Crippen LogP contribution in [0.4, 0.5) is 0 Å². The van der Waals surface area contributed by atoms with Gasteiger partial charge in [0.15, 0.2) is 6.54 Å². The summed E-state index contributed by atoms with van der Waals surface area (Å²) >= 11 is 0. The zero-order valence-electron chi connectivity index (χ0n) is 16.3. The maximum absolute atomic E-state index is 12.8. The number of aromatic nitrogens is 1. The fourth-order valence-corrected chi connectivity index (χ4v) is 3.69. The number of nitrogens with zero attached hydrogens (tertiary/aromatic N) is 1. The second-order valence-electron chi connectivity index (χ2n) is 7.16. The molecular weight excluding hydrogens is 342 g/mol. The van der Waals surface area contributed by atoms with Gasteiger partial charge in [0.25, 0.3) is 5.91 Å². The van der Waals surface area contributed by atoms with Gasteiger partial charge in [0.1, 0.15) is 12.3 Å². The number of hydrogen-bond donors (Lipinski definition) is 2. The number of ether oxygens (including phenoxy) is 1. The number of ketones is 1. The number of methoxy groups -OCH3 is 1. The van der Waals surface area contributed by atoms with Crippen molar-refractivity contribution in [2.75, 3.05) is 33.3 Å². The summed E-state index contributed by atoms with van der Waals surface area (Å²) in [5, 5.41) is 2.81. The van der Waals surface area contributed by atoms with Gasteiger partial charge in [-0.05, 0) is 44.0 Å². The summed E-state index contributed by atoms with van der Waals surface area (Å²) in [4.78, 5) is 25.3. The van der Waals surface area contributed by atoms with Crippen molar-refractivity contribution >= 4 is 11.7 Å². The van der Waals surface area contributed by atoms with Crippen LogP contribution in [-0.4, -0.2) is 49.5 Å². The number of amides is 1. The van der Waals surface area contributed by atoms with Crippen molar-refractivity contribution in [1.82, 2.24) is 9.88 Å². The fraction of sp³-hybridized carbons (Fsp3) is 0.429. The zero-order valence-corrected chi connectivity index (χ0v) is 16.3. The number of aryl methyl sites for hydroxylation is 2. The van der Waals surface area contributed by atoms with Crippen LogP contribution in [0, 0.1) is 13.8 Å². The third-order valence-electron chi connectivity index (χ3n) is 5.28. The molecule has 6 nitrogen and oxygen atoms in total. The minimum atomic E-state index is 0.0222. The lowest BCUT2D eigenvalue weighted by Gasteiger charge is -2.22. The smallest absolute Gasteiger partial charge is 0.275 e. The molecule has 6 heteroatoms. The summed E-state index contributed by atoms with van der Waals surface area (Å²) in [6.45, 7) is 7.07. The number of nitrogens with one attached hydrogen (secondary N) is 2. The highest BCUT2D eigenvalue weighted by molar-refractivity contribution is 5.98. The van der Waals surface area contributed by atoms with E-state index in [4.69, 9.17) is 4.74 Å². The number of Topliss-reactive ketones (excluding diaryl/α,β-unsaturated/α-hetero) is 1. The van der Waals surface area contributed by atoms with Crippen LogP contribution in [0.2, 0.25) is 0 Å². The lowest BCUT2D eigenvalue weighted by Crippen LogP contribution is -3.16. The van der Waals surface area contributed by atoms with Crippen LogP contribution in [0.5, 0.6) is 5.75 Å². The summed E-state index contributed by atoms with van der Waals surface area (Å²) in [5.74, 6) is 0.992. The molecule has 1 atom stereocenters. The Labute approximate surface area is 160 Å². The molecule has 0 aliphatic carbocycles. The van der Waals surface area contributed by atoms with E-state index in [-0.39, 0.29) is 11.7 Å². The summed E-state index contributed by atoms with van der Waals surface area (Å²) in [6.07, 6.45) is 0.894. The van der Waals surface area contributed by atoms with Gasteiger partial charge in [0.2, 0.25) is 5.78 Å². The van der Waals surface area contributed by atoms with Crippen LogP contribution in [0.25, 0.3) is 0 Å². The lowest BCUT2D eigenvalue weighted by atomic mass is 10.1. The molecule has 2 N–H and O–H groups in total. The van der Waals surface area contributed by atoms with Crippen LogP contribution < -0.4 is 15.0 Å². The first-order chi connectivity index (χ1) is 13.0. The maximum atomic E-state index is 12.8. The van der Waals surface area contributed by atoms with Gasteiger partial charge in [-0.15, -0.1) is 0 Å². The molecule has 1 amide bonds. The fourth-order valence-electron chi connectivity index (χ4n) is 3.69. The molecule has 3 rings (SSSR count). The van der Waals surface area contributed by atoms with E-state index in [1.807, 2.05) is 32.0 Å². The van der Waals surface area contributed by atoms with E-state index in [1.165, 1.54) is 5.56 Å². The van der Waals surface area contributed by atoms with Crippen molar-refractivity contribution in [3.63, 3.8) is 0 Å². The Morgan fingerprint density at radius 3 is 2.67 bits per heavy atom. The highest BCUT2D eigenvalue weighted by Gasteiger charge is 2.25. The Balaban J connectivity index is 1.66. The Bertz CT molecular complexity index is 824. The van der Waals surface area contributed by atoms with E-state index in [1.54, 1.807) is 7.11 Å². The quantitative estimate of drug-likeness (QED) is 0.700. The van der Waals surface area contributed by atoms with E-state index in [9.17, 15) is 9.59 Å². The van der Waals surface area contributed by atoms with E-state index in [0.717, 1.165) is 47.1 Å². The van der Waals surface area contributed by atoms with E-state index >= 15 is 0 Å². The van der Waals surface area contributed by atoms with Crippen LogP contribution in [0.15, 0.2) is 30.3 Å². The van der Waals surface area contributed by atoms with Gasteiger partial charge in [0, 0.05) is 23.5 Å². The third kappa shape index (κ3) is 4.57. The summed E-state index contributed by atoms with van der Waals surface area (Å²) < 4.78 is 7.40. The first kappa shape index (κ1) is 19.2. The molecule has 1 unspecified atom stereocenters. The molecule has 1 saturated heterocycles. The van der Waals surface area contributed by atoms with Gasteiger partial charge in [-0.3, -0.25) is 9.59 Å². The number of rotatable bonds is 7. The van der Waals surface area contributed by atoms with Gasteiger partial charge in [-0.1, -0.05) is 12.1 Å². The molecule has 1 aliphatic heterocycles. The summed E-state index contributed by atoms with van der Waals surface area (Å²) in [6, 6.07) is 10.1. The summed E-state index contributed by atoms with van der Waals surface area (Å²) in [7, 11) is 1.66. The number of hydrogen-bond acceptors (Lipinski definition) is 3. The average molecular weight is 370 g/mol. The topological polar surface area (TPSA) is 64.8 Å². The standard InChI is InChI=1S/C21H27N3O3/c1-15-12-19(20(25)13-23-11-9-22-21(26)14-23)16(2)24(15)10-8-17-4-6-18(27-3)7-5-17/h4-7,12H,8-11,13-14H2,1-3H3,(H,22,26)/p+1. The van der Waals surface area contributed by atoms with Gasteiger partial charge in [-0.25, -0.2) is 0 Å². The van der Waals surface area contributed by atoms with Crippen molar-refractivity contribution in [3.05, 3.63) is 52.8 Å². The number of piperazine rings is 1. The molecule has 1 aliphatic rings. The second-order valence-corrected chi connectivity index (χ2v) is 7.16. The second kappa shape index (κ2) is 8.39. The molecule has 0 saturated carbocycles. The van der Waals surface area contributed by atoms with Gasteiger partial charge < -0.3 is 19.5 Å². The average Bonchev–Trinajstić information content (AvgIpc) is 2.94. The zero-order chi connectivity index (χ0) is 19.4. The molecule has 0 bridgehead atoms. The lowest BCUT2D eigenvalue weighted by molar-refractivity contribution is -0.884. The largest absolute Gasteiger partial charge is 0.497 e. The van der Waals surface area contributed by atoms with Gasteiger partial charge in [-0.2, -0.15) is 0 Å². The summed E-state index contributed by atoms with van der Waals surface area (Å²) in [5.41, 5.74) is 4.11. The number of carbonyl (C=O) groups is 2. The molecule has 144 valence electrons. The minimum Gasteiger partial charge on any atom is -0.497 e. The first-order valence-electron chi connectivity index (χ1n) is 9.41. The van der Waals surface area contributed by atoms with Gasteiger partial charge in [0.05, 0.1) is 20.2 Å². The van der Waals surface area contributed by atoms with Crippen LogP contribution in [0.1, 0.15) is 27.3 Å². The van der Waals surface area contributed by atoms with E-state index in [0.29, 0.717) is 19.6 Å². The van der Waals surface area contributed by atoms with Crippen molar-refractivity contribution in [3.8, 4) is 5.75 Å². The minimum absolute atomic E-state index is 0.0222. The van der Waals surface area contributed by atoms with Crippen LogP contribution >= 0.6 is 0 Å². The number of benzene rings is 1. The molecule has 1 aromatic carbocycles. The van der Waals surface area contributed by atoms with E-state index in [2.05, 4.69) is 22.0 Å². The maximum Gasteiger partial charge on any atom is 0.275 e. The number of carbonyl (C=O) groups excluding carboxylic acids is 2. The molecule has 27 heavy (non-hydrogen) atoms. The predicted octanol–water partition coefficient (Wildman–Crippen LogP) is 0.554. The Kier molecular flexibility index (Phi) is 5.96. The highest BCUT2D eigenvalue weighted by Crippen LogP contribution is 2.17. The van der Waals surface area contributed by atoms with Crippen molar-refractivity contribution in [2.24, 2.45) is 0 Å². The van der Waals surface area contributed by atoms with Crippen molar-refractivity contribution in [1.29, 1.82) is 0 Å². The Morgan fingerprint density at radius 1 is 1.26 bits per heavy atom. The highest BCUT2D eigenvalue weighted by atomic mass is 16.5. The molecule has 0 radical (unpaired) electrons. The van der Waals surface area contributed by atoms with Crippen molar-refractivity contribution < 1.29 is 19.2 Å². The first-order valence-corrected chi connectivity index (χ1v) is 9.41. The van der Waals surface area contributed by atoms with Gasteiger partial charge >= 0.3 is 0 Å². The monoisotopic (exact) mass is 370 g/mol.